The zero-order valence-electron chi connectivity index (χ0n) is 38.4. The minimum atomic E-state index is -0.191. The Balaban J connectivity index is 2.25. The van der Waals surface area contributed by atoms with E-state index in [0.29, 0.717) is 18.2 Å². The first-order valence-electron chi connectivity index (χ1n) is 21.5. The number of rotatable bonds is 14. The summed E-state index contributed by atoms with van der Waals surface area (Å²) >= 11 is 0. The number of aromatic hydroxyl groups is 1. The van der Waals surface area contributed by atoms with Crippen LogP contribution in [-0.4, -0.2) is 74.9 Å². The lowest BCUT2D eigenvalue weighted by molar-refractivity contribution is -0.0153. The molecule has 2 aliphatic heterocycles. The van der Waals surface area contributed by atoms with Crippen LogP contribution < -0.4 is 11.1 Å². The standard InChI is InChI=1S/C47H86N6O/c1-18-19-23-47(24-21-20-22-38(48)49,27-33-25-36(41(2,3)4)40(54)37(26-33)42(5,6)7)32-39(50-34-28-43(8,9)52(16)44(10,11)29-34)51-35-30-45(12,13)53(17)46(14,15)31-35/h25-26,34-35,54H,18-24,27-32H2,1-17H3,(H3,48,49)(H,50,51). The van der Waals surface area contributed by atoms with Crippen LogP contribution in [0.5, 0.6) is 5.75 Å². The SMILES string of the molecule is CCCCC(CCCCC(=N)N)(CC(=NC1CC(C)(C)N(C)C(C)(C)C1)NC1CC(C)(C)N(C)C(C)(C)C1)Cc1cc(C(C)(C)C)c(O)c(C(C)(C)C)c1. The van der Waals surface area contributed by atoms with Gasteiger partial charge in [0.15, 0.2) is 0 Å². The van der Waals surface area contributed by atoms with Crippen LogP contribution in [0, 0.1) is 10.8 Å². The van der Waals surface area contributed by atoms with Crippen molar-refractivity contribution in [3.05, 3.63) is 28.8 Å². The molecule has 5 N–H and O–H groups in total. The van der Waals surface area contributed by atoms with Gasteiger partial charge >= 0.3 is 0 Å². The van der Waals surface area contributed by atoms with Gasteiger partial charge in [0.2, 0.25) is 0 Å². The fourth-order valence-corrected chi connectivity index (χ4v) is 10.1. The minimum absolute atomic E-state index is 0.0449. The molecule has 54 heavy (non-hydrogen) atoms. The van der Waals surface area contributed by atoms with Gasteiger partial charge in [-0.2, -0.15) is 0 Å². The number of amidine groups is 2. The molecular formula is C47H86N6O. The summed E-state index contributed by atoms with van der Waals surface area (Å²) in [5.74, 6) is 1.91. The highest BCUT2D eigenvalue weighted by molar-refractivity contribution is 5.83. The van der Waals surface area contributed by atoms with E-state index in [-0.39, 0.29) is 50.3 Å². The summed E-state index contributed by atoms with van der Waals surface area (Å²) in [6.07, 6.45) is 13.1. The predicted molar refractivity (Wildman–Crippen MR) is 235 cm³/mol. The summed E-state index contributed by atoms with van der Waals surface area (Å²) in [5, 5.41) is 23.9. The van der Waals surface area contributed by atoms with Crippen molar-refractivity contribution < 1.29 is 5.11 Å². The molecule has 0 aliphatic carbocycles. The molecule has 2 saturated heterocycles. The highest BCUT2D eigenvalue weighted by Crippen LogP contribution is 2.45. The van der Waals surface area contributed by atoms with E-state index in [4.69, 9.17) is 16.1 Å². The van der Waals surface area contributed by atoms with Crippen LogP contribution in [0.1, 0.15) is 198 Å². The highest BCUT2D eigenvalue weighted by atomic mass is 16.3. The van der Waals surface area contributed by atoms with E-state index in [1.54, 1.807) is 0 Å². The first kappa shape index (κ1) is 46.3. The number of nitrogens with two attached hydrogens (primary N) is 1. The number of piperidine rings is 2. The van der Waals surface area contributed by atoms with Crippen molar-refractivity contribution in [1.82, 2.24) is 15.1 Å². The first-order valence-corrected chi connectivity index (χ1v) is 21.5. The van der Waals surface area contributed by atoms with Gasteiger partial charge in [0.25, 0.3) is 0 Å². The molecule has 7 nitrogen and oxygen atoms in total. The molecule has 1 aromatic rings. The number of likely N-dealkylation sites (tertiary alicyclic amines) is 2. The van der Waals surface area contributed by atoms with E-state index in [2.05, 4.69) is 145 Å². The van der Waals surface area contributed by atoms with Crippen molar-refractivity contribution in [2.45, 2.75) is 232 Å². The summed E-state index contributed by atoms with van der Waals surface area (Å²) in [4.78, 5) is 11.0. The molecule has 7 heteroatoms. The number of hydrogen-bond acceptors (Lipinski definition) is 5. The van der Waals surface area contributed by atoms with Crippen LogP contribution in [0.3, 0.4) is 0 Å². The van der Waals surface area contributed by atoms with Gasteiger partial charge < -0.3 is 16.2 Å². The lowest BCUT2D eigenvalue weighted by Crippen LogP contribution is -2.63. The molecule has 3 rings (SSSR count). The van der Waals surface area contributed by atoms with Gasteiger partial charge in [0, 0.05) is 41.0 Å². The molecule has 2 heterocycles. The quantitative estimate of drug-likeness (QED) is 0.0862. The minimum Gasteiger partial charge on any atom is -0.507 e. The topological polar surface area (TPSA) is 101 Å². The maximum absolute atomic E-state index is 11.7. The summed E-state index contributed by atoms with van der Waals surface area (Å²) in [6, 6.07) is 5.19. The number of nitrogens with zero attached hydrogens (tertiary/aromatic N) is 3. The molecule has 0 amide bonds. The second-order valence-corrected chi connectivity index (χ2v) is 22.5. The fraction of sp³-hybridized carbons (Fsp3) is 0.830. The molecule has 0 saturated carbocycles. The predicted octanol–water partition coefficient (Wildman–Crippen LogP) is 10.9. The van der Waals surface area contributed by atoms with Crippen molar-refractivity contribution in [3.63, 3.8) is 0 Å². The second kappa shape index (κ2) is 16.8. The van der Waals surface area contributed by atoms with E-state index in [1.165, 1.54) is 11.4 Å². The van der Waals surface area contributed by atoms with Crippen molar-refractivity contribution in [2.24, 2.45) is 16.1 Å². The molecule has 0 radical (unpaired) electrons. The smallest absolute Gasteiger partial charge is 0.123 e. The van der Waals surface area contributed by atoms with E-state index < -0.39 is 0 Å². The third-order valence-electron chi connectivity index (χ3n) is 13.7. The van der Waals surface area contributed by atoms with Gasteiger partial charge in [0.05, 0.1) is 17.7 Å². The van der Waals surface area contributed by atoms with Crippen LogP contribution in [0.4, 0.5) is 0 Å². The van der Waals surface area contributed by atoms with Gasteiger partial charge in [0.1, 0.15) is 5.75 Å². The number of unbranched alkanes of at least 4 members (excludes halogenated alkanes) is 2. The number of phenols is 1. The molecule has 0 spiro atoms. The maximum Gasteiger partial charge on any atom is 0.123 e. The molecule has 2 aliphatic rings. The molecule has 1 unspecified atom stereocenters. The summed E-state index contributed by atoms with van der Waals surface area (Å²) in [7, 11) is 4.58. The summed E-state index contributed by atoms with van der Waals surface area (Å²) in [5.41, 5.74) is 9.05. The lowest BCUT2D eigenvalue weighted by Gasteiger charge is -2.54. The van der Waals surface area contributed by atoms with Crippen LogP contribution >= 0.6 is 0 Å². The van der Waals surface area contributed by atoms with Gasteiger partial charge in [-0.3, -0.25) is 20.2 Å². The summed E-state index contributed by atoms with van der Waals surface area (Å²) < 4.78 is 0. The molecular weight excluding hydrogens is 665 g/mol. The molecule has 1 atom stereocenters. The molecule has 0 aromatic heterocycles. The van der Waals surface area contributed by atoms with Crippen molar-refractivity contribution in [1.29, 1.82) is 5.41 Å². The third-order valence-corrected chi connectivity index (χ3v) is 13.7. The Morgan fingerprint density at radius 2 is 1.24 bits per heavy atom. The number of benzene rings is 1. The van der Waals surface area contributed by atoms with Crippen LogP contribution in [0.15, 0.2) is 17.1 Å². The first-order chi connectivity index (χ1) is 24.4. The Morgan fingerprint density at radius 3 is 1.67 bits per heavy atom. The van der Waals surface area contributed by atoms with E-state index in [0.717, 1.165) is 88.2 Å². The Hall–Kier alpha value is -2.12. The second-order valence-electron chi connectivity index (χ2n) is 22.5. The van der Waals surface area contributed by atoms with Crippen molar-refractivity contribution in [3.8, 4) is 5.75 Å². The molecule has 2 fully saturated rings. The fourth-order valence-electron chi connectivity index (χ4n) is 10.1. The summed E-state index contributed by atoms with van der Waals surface area (Å²) in [6.45, 7) is 34.7. The van der Waals surface area contributed by atoms with E-state index in [9.17, 15) is 5.11 Å². The monoisotopic (exact) mass is 751 g/mol. The number of hydrogen-bond donors (Lipinski definition) is 4. The van der Waals surface area contributed by atoms with Gasteiger partial charge in [-0.1, -0.05) is 79.9 Å². The van der Waals surface area contributed by atoms with E-state index >= 15 is 0 Å². The largest absolute Gasteiger partial charge is 0.507 e. The van der Waals surface area contributed by atoms with Gasteiger partial charge in [-0.05, 0) is 154 Å². The van der Waals surface area contributed by atoms with Gasteiger partial charge in [-0.15, -0.1) is 0 Å². The Kier molecular flexibility index (Phi) is 14.4. The van der Waals surface area contributed by atoms with Crippen molar-refractivity contribution in [2.75, 3.05) is 14.1 Å². The molecule has 0 bridgehead atoms. The Labute approximate surface area is 333 Å². The normalized spacial score (nSPS) is 22.6. The number of phenolic OH excluding ortho intramolecular Hbond substituents is 1. The zero-order chi connectivity index (χ0) is 41.3. The van der Waals surface area contributed by atoms with Crippen molar-refractivity contribution >= 4 is 11.7 Å². The maximum atomic E-state index is 11.7. The average Bonchev–Trinajstić information content (AvgIpc) is 2.98. The Bertz CT molecular complexity index is 1390. The van der Waals surface area contributed by atoms with Crippen LogP contribution in [0.25, 0.3) is 0 Å². The lowest BCUT2D eigenvalue weighted by atomic mass is 9.69. The number of aliphatic imine (C=N–C) groups is 1. The van der Waals surface area contributed by atoms with E-state index in [1.807, 2.05) is 0 Å². The molecule has 1 aromatic carbocycles. The third kappa shape index (κ3) is 11.7. The van der Waals surface area contributed by atoms with Crippen LogP contribution in [-0.2, 0) is 17.3 Å². The molecule has 310 valence electrons. The zero-order valence-corrected chi connectivity index (χ0v) is 38.4. The van der Waals surface area contributed by atoms with Gasteiger partial charge in [-0.25, -0.2) is 0 Å². The average molecular weight is 751 g/mol. The Morgan fingerprint density at radius 1 is 0.796 bits per heavy atom. The number of nitrogens with one attached hydrogen (secondary N) is 2. The highest BCUT2D eigenvalue weighted by Gasteiger charge is 2.46. The van der Waals surface area contributed by atoms with Crippen LogP contribution in [0.2, 0.25) is 0 Å².